The van der Waals surface area contributed by atoms with Crippen molar-refractivity contribution in [3.63, 3.8) is 0 Å². The summed E-state index contributed by atoms with van der Waals surface area (Å²) in [4.78, 5) is 33.5. The lowest BCUT2D eigenvalue weighted by Gasteiger charge is -2.06. The number of amides is 1. The van der Waals surface area contributed by atoms with Gasteiger partial charge in [-0.3, -0.25) is 9.59 Å². The Morgan fingerprint density at radius 2 is 2.05 bits per heavy atom. The first kappa shape index (κ1) is 15.6. The molecular weight excluding hydrogens is 265 g/mol. The van der Waals surface area contributed by atoms with E-state index in [4.69, 9.17) is 0 Å². The molecule has 0 aliphatic heterocycles. The van der Waals surface area contributed by atoms with Gasteiger partial charge in [0.25, 0.3) is 0 Å². The van der Waals surface area contributed by atoms with Crippen molar-refractivity contribution in [2.45, 2.75) is 13.8 Å². The van der Waals surface area contributed by atoms with E-state index in [9.17, 15) is 18.8 Å². The summed E-state index contributed by atoms with van der Waals surface area (Å²) in [5.74, 6) is -2.46. The van der Waals surface area contributed by atoms with Gasteiger partial charge in [-0.25, -0.2) is 9.18 Å². The molecule has 6 heteroatoms. The molecule has 5 nitrogen and oxygen atoms in total. The predicted molar refractivity (Wildman–Crippen MR) is 70.8 cm³/mol. The molecule has 0 aliphatic rings. The van der Waals surface area contributed by atoms with Crippen LogP contribution < -0.4 is 5.32 Å². The van der Waals surface area contributed by atoms with Gasteiger partial charge in [0.05, 0.1) is 5.56 Å². The number of hydrogen-bond donors (Lipinski definition) is 1. The van der Waals surface area contributed by atoms with Crippen molar-refractivity contribution in [1.29, 1.82) is 0 Å². The highest BCUT2D eigenvalue weighted by Crippen LogP contribution is 2.15. The number of ketones is 1. The molecule has 0 bridgehead atoms. The van der Waals surface area contributed by atoms with Gasteiger partial charge in [-0.1, -0.05) is 6.08 Å². The number of halogens is 1. The molecule has 0 saturated carbocycles. The van der Waals surface area contributed by atoms with Crippen LogP contribution in [0.2, 0.25) is 0 Å². The van der Waals surface area contributed by atoms with Crippen LogP contribution >= 0.6 is 0 Å². The maximum atomic E-state index is 13.7. The lowest BCUT2D eigenvalue weighted by atomic mass is 10.1. The maximum absolute atomic E-state index is 13.7. The fourth-order valence-electron chi connectivity index (χ4n) is 1.42. The maximum Gasteiger partial charge on any atom is 0.330 e. The molecule has 0 unspecified atom stereocenters. The molecule has 1 rings (SSSR count). The van der Waals surface area contributed by atoms with E-state index in [1.54, 1.807) is 6.92 Å². The second-order valence-electron chi connectivity index (χ2n) is 3.91. The molecule has 0 aromatic heterocycles. The predicted octanol–water partition coefficient (Wildman–Crippen LogP) is 2.09. The molecule has 0 radical (unpaired) electrons. The second kappa shape index (κ2) is 7.18. The first-order chi connectivity index (χ1) is 9.43. The summed E-state index contributed by atoms with van der Waals surface area (Å²) in [6, 6.07) is 3.65. The third kappa shape index (κ3) is 4.64. The van der Waals surface area contributed by atoms with E-state index >= 15 is 0 Å². The van der Waals surface area contributed by atoms with Crippen LogP contribution in [0.4, 0.5) is 10.1 Å². The summed E-state index contributed by atoms with van der Waals surface area (Å²) in [6.07, 6.45) is 2.62. The number of rotatable bonds is 5. The minimum atomic E-state index is -0.789. The van der Waals surface area contributed by atoms with Crippen LogP contribution in [0.15, 0.2) is 30.4 Å². The third-order valence-electron chi connectivity index (χ3n) is 2.24. The molecule has 0 heterocycles. The van der Waals surface area contributed by atoms with Crippen molar-refractivity contribution >= 4 is 23.3 Å². The quantitative estimate of drug-likeness (QED) is 0.509. The van der Waals surface area contributed by atoms with E-state index in [1.807, 2.05) is 0 Å². The average molecular weight is 279 g/mol. The van der Waals surface area contributed by atoms with Crippen molar-refractivity contribution in [2.24, 2.45) is 0 Å². The number of carbonyl (C=O) groups excluding carboxylic acids is 3. The van der Waals surface area contributed by atoms with Crippen LogP contribution in [0.25, 0.3) is 0 Å². The van der Waals surface area contributed by atoms with E-state index in [-0.39, 0.29) is 17.2 Å². The van der Waals surface area contributed by atoms with Crippen molar-refractivity contribution in [1.82, 2.24) is 0 Å². The molecule has 0 aliphatic carbocycles. The number of anilines is 1. The van der Waals surface area contributed by atoms with Gasteiger partial charge >= 0.3 is 5.97 Å². The van der Waals surface area contributed by atoms with Crippen molar-refractivity contribution in [3.05, 3.63) is 41.7 Å². The van der Waals surface area contributed by atoms with Crippen molar-refractivity contribution in [2.75, 3.05) is 11.9 Å². The zero-order chi connectivity index (χ0) is 15.1. The van der Waals surface area contributed by atoms with Gasteiger partial charge < -0.3 is 10.1 Å². The van der Waals surface area contributed by atoms with Crippen LogP contribution in [-0.2, 0) is 14.3 Å². The Bertz CT molecular complexity index is 566. The number of esters is 1. The second-order valence-corrected chi connectivity index (χ2v) is 3.91. The minimum Gasteiger partial charge on any atom is -0.454 e. The summed E-state index contributed by atoms with van der Waals surface area (Å²) >= 11 is 0. The number of Topliss-reactive ketones (excluding diaryl/α,β-unsaturated/α-hetero) is 1. The average Bonchev–Trinajstić information content (AvgIpc) is 2.35. The van der Waals surface area contributed by atoms with E-state index in [2.05, 4.69) is 10.1 Å². The molecule has 0 fully saturated rings. The molecule has 0 saturated heterocycles. The molecule has 106 valence electrons. The highest BCUT2D eigenvalue weighted by Gasteiger charge is 2.14. The number of allylic oxidation sites excluding steroid dienone is 1. The van der Waals surface area contributed by atoms with Gasteiger partial charge in [0.2, 0.25) is 11.7 Å². The molecule has 1 N–H and O–H groups in total. The van der Waals surface area contributed by atoms with Gasteiger partial charge in [0.1, 0.15) is 5.82 Å². The zero-order valence-electron chi connectivity index (χ0n) is 11.1. The lowest BCUT2D eigenvalue weighted by molar-refractivity contribution is -0.136. The van der Waals surface area contributed by atoms with Crippen LogP contribution in [0.1, 0.15) is 24.2 Å². The van der Waals surface area contributed by atoms with Gasteiger partial charge in [-0.05, 0) is 25.1 Å². The highest BCUT2D eigenvalue weighted by molar-refractivity contribution is 5.99. The molecular formula is C14H14FNO4. The van der Waals surface area contributed by atoms with E-state index < -0.39 is 24.2 Å². The smallest absolute Gasteiger partial charge is 0.330 e. The first-order valence-electron chi connectivity index (χ1n) is 5.84. The van der Waals surface area contributed by atoms with Crippen LogP contribution in [-0.4, -0.2) is 24.3 Å². The number of carbonyl (C=O) groups is 3. The molecule has 1 aromatic rings. The van der Waals surface area contributed by atoms with Crippen molar-refractivity contribution in [3.8, 4) is 0 Å². The Morgan fingerprint density at radius 1 is 1.35 bits per heavy atom. The summed E-state index contributed by atoms with van der Waals surface area (Å²) in [5.41, 5.74) is 0.0461. The molecule has 0 atom stereocenters. The van der Waals surface area contributed by atoms with Gasteiger partial charge in [0.15, 0.2) is 6.61 Å². The van der Waals surface area contributed by atoms with Gasteiger partial charge in [-0.2, -0.15) is 0 Å². The summed E-state index contributed by atoms with van der Waals surface area (Å²) in [6.45, 7) is 2.38. The Hall–Kier alpha value is -2.50. The number of ether oxygens (including phenoxy) is 1. The number of benzene rings is 1. The normalized spacial score (nSPS) is 10.3. The summed E-state index contributed by atoms with van der Waals surface area (Å²) in [5, 5.41) is 2.39. The minimum absolute atomic E-state index is 0.201. The van der Waals surface area contributed by atoms with Crippen molar-refractivity contribution < 1.29 is 23.5 Å². The van der Waals surface area contributed by atoms with E-state index in [0.29, 0.717) is 0 Å². The highest BCUT2D eigenvalue weighted by atomic mass is 19.1. The fraction of sp³-hybridized carbons (Fsp3) is 0.214. The number of nitrogens with one attached hydrogen (secondary N) is 1. The summed E-state index contributed by atoms with van der Waals surface area (Å²) < 4.78 is 18.3. The van der Waals surface area contributed by atoms with Crippen LogP contribution in [0.3, 0.4) is 0 Å². The molecule has 20 heavy (non-hydrogen) atoms. The Balaban J connectivity index is 2.74. The Labute approximate surface area is 115 Å². The first-order valence-corrected chi connectivity index (χ1v) is 5.84. The molecule has 1 aromatic carbocycles. The van der Waals surface area contributed by atoms with Crippen LogP contribution in [0.5, 0.6) is 0 Å². The zero-order valence-corrected chi connectivity index (χ0v) is 11.1. The fourth-order valence-corrected chi connectivity index (χ4v) is 1.42. The Kier molecular flexibility index (Phi) is 5.58. The topological polar surface area (TPSA) is 72.5 Å². The SMILES string of the molecule is CC=CC(=O)OCC(=O)c1ccc(NC(C)=O)cc1F. The van der Waals surface area contributed by atoms with Gasteiger partial charge in [-0.15, -0.1) is 0 Å². The number of hydrogen-bond acceptors (Lipinski definition) is 4. The van der Waals surface area contributed by atoms with E-state index in [1.165, 1.54) is 25.1 Å². The Morgan fingerprint density at radius 3 is 2.60 bits per heavy atom. The standard InChI is InChI=1S/C14H14FNO4/c1-3-4-14(19)20-8-13(18)11-6-5-10(7-12(11)15)16-9(2)17/h3-7H,8H2,1-2H3,(H,16,17). The lowest BCUT2D eigenvalue weighted by Crippen LogP contribution is -2.14. The largest absolute Gasteiger partial charge is 0.454 e. The summed E-state index contributed by atoms with van der Waals surface area (Å²) in [7, 11) is 0. The third-order valence-corrected chi connectivity index (χ3v) is 2.24. The monoisotopic (exact) mass is 279 g/mol. The molecule has 0 spiro atoms. The van der Waals surface area contributed by atoms with E-state index in [0.717, 1.165) is 12.1 Å². The molecule has 1 amide bonds. The van der Waals surface area contributed by atoms with Crippen LogP contribution in [0, 0.1) is 5.82 Å². The van der Waals surface area contributed by atoms with Gasteiger partial charge in [0, 0.05) is 18.7 Å².